The fourth-order valence-corrected chi connectivity index (χ4v) is 13.8. The Hall–Kier alpha value is -7.70. The maximum absolute atomic E-state index is 14.2. The Kier molecular flexibility index (Phi) is 14.5. The summed E-state index contributed by atoms with van der Waals surface area (Å²) < 4.78 is 19.7. The van der Waals surface area contributed by atoms with E-state index in [0.717, 1.165) is 85.3 Å². The van der Waals surface area contributed by atoms with Crippen LogP contribution in [0.1, 0.15) is 180 Å². The summed E-state index contributed by atoms with van der Waals surface area (Å²) in [7, 11) is 0. The number of hydrogen-bond donors (Lipinski definition) is 0. The van der Waals surface area contributed by atoms with Crippen molar-refractivity contribution in [2.45, 2.75) is 153 Å². The predicted octanol–water partition coefficient (Wildman–Crippen LogP) is 22.2. The molecule has 0 fully saturated rings. The maximum atomic E-state index is 14.2. The van der Waals surface area contributed by atoms with Crippen LogP contribution in [0.25, 0.3) is 48.7 Å². The number of anilines is 3. The molecule has 1 heterocycles. The van der Waals surface area contributed by atoms with Crippen molar-refractivity contribution in [3.63, 3.8) is 0 Å². The van der Waals surface area contributed by atoms with Gasteiger partial charge in [-0.2, -0.15) is 0 Å². The summed E-state index contributed by atoms with van der Waals surface area (Å²) in [6.07, 6.45) is 5.18. The molecule has 0 spiro atoms. The van der Waals surface area contributed by atoms with Gasteiger partial charge in [0.2, 0.25) is 0 Å². The summed E-state index contributed by atoms with van der Waals surface area (Å²) in [5.41, 5.74) is 10.7. The summed E-state index contributed by atoms with van der Waals surface area (Å²) >= 11 is 0. The van der Waals surface area contributed by atoms with E-state index < -0.39 is 11.9 Å². The zero-order valence-corrected chi connectivity index (χ0v) is 51.7. The van der Waals surface area contributed by atoms with Crippen LogP contribution in [0.4, 0.5) is 17.1 Å². The van der Waals surface area contributed by atoms with E-state index in [1.807, 2.05) is 24.3 Å². The van der Waals surface area contributed by atoms with Crippen LogP contribution in [0.3, 0.4) is 0 Å². The Morgan fingerprint density at radius 1 is 0.488 bits per heavy atom. The smallest absolute Gasteiger partial charge is 0.346 e. The Bertz CT molecular complexity index is 3910. The molecule has 0 unspecified atom stereocenters. The molecule has 9 aromatic rings. The number of allylic oxidation sites excluding steroid dienone is 3. The lowest BCUT2D eigenvalue weighted by Crippen LogP contribution is -2.25. The average Bonchev–Trinajstić information content (AvgIpc) is 0.807. The number of fused-ring (bicyclic) bond motifs is 2. The molecule has 0 aromatic heterocycles. The molecule has 0 N–H and O–H groups in total. The molecule has 0 amide bonds. The molecule has 0 saturated carbocycles. The number of carbonyl (C=O) groups is 2. The van der Waals surface area contributed by atoms with E-state index in [1.165, 1.54) is 16.7 Å². The normalized spacial score (nSPS) is 13.8. The van der Waals surface area contributed by atoms with Gasteiger partial charge < -0.3 is 19.1 Å². The molecule has 0 bridgehead atoms. The van der Waals surface area contributed by atoms with Crippen LogP contribution in [0.2, 0.25) is 0 Å². The molecule has 6 heteroatoms. The molecule has 0 aliphatic carbocycles. The summed E-state index contributed by atoms with van der Waals surface area (Å²) in [4.78, 5) is 30.7. The number of benzene rings is 9. The minimum atomic E-state index is -0.727. The Morgan fingerprint density at radius 3 is 1.37 bits per heavy atom. The van der Waals surface area contributed by atoms with Gasteiger partial charge in [0, 0.05) is 38.3 Å². The van der Waals surface area contributed by atoms with Crippen LogP contribution in [0.15, 0.2) is 158 Å². The Morgan fingerprint density at radius 2 is 0.915 bits per heavy atom. The molecule has 0 radical (unpaired) electrons. The summed E-state index contributed by atoms with van der Waals surface area (Å²) in [6.45, 7) is 42.7. The lowest BCUT2D eigenvalue weighted by atomic mass is 9.72. The zero-order valence-electron chi connectivity index (χ0n) is 51.7. The van der Waals surface area contributed by atoms with Crippen LogP contribution in [0.5, 0.6) is 23.0 Å². The van der Waals surface area contributed by atoms with Crippen molar-refractivity contribution >= 4 is 77.7 Å². The number of esters is 2. The number of ether oxygens (including phenoxy) is 3. The molecule has 0 saturated heterocycles. The van der Waals surface area contributed by atoms with Gasteiger partial charge in [0.05, 0.1) is 16.8 Å². The zero-order chi connectivity index (χ0) is 59.2. The third-order valence-electron chi connectivity index (χ3n) is 16.3. The van der Waals surface area contributed by atoms with E-state index in [4.69, 9.17) is 14.2 Å². The summed E-state index contributed by atoms with van der Waals surface area (Å²) in [5, 5.41) is 6.51. The summed E-state index contributed by atoms with van der Waals surface area (Å²) in [6, 6.07) is 49.0. The molecule has 82 heavy (non-hydrogen) atoms. The first-order valence-electron chi connectivity index (χ1n) is 29.2. The lowest BCUT2D eigenvalue weighted by molar-refractivity contribution is 0.0390. The first-order valence-corrected chi connectivity index (χ1v) is 29.2. The second-order valence-corrected chi connectivity index (χ2v) is 29.0. The quantitative estimate of drug-likeness (QED) is 0.0335. The van der Waals surface area contributed by atoms with Crippen molar-refractivity contribution in [3.8, 4) is 23.0 Å². The predicted molar refractivity (Wildman–Crippen MR) is 345 cm³/mol. The number of hydrogen-bond acceptors (Lipinski definition) is 6. The molecular weight excluding hydrogens is 1010 g/mol. The SMILES string of the molecule is C=C(C)CC(C)(C)c1ccc(Oc2cc3c4c(cc(Oc5ccc(/C(C)=C/C(C)(C)C)cc5)c5c6cccc7c(N(c8ccc(C(C)(C)CC(C)(C)C)cc8)c8ccc(C(C)(C)CC(C)(C)C)cc8)ccc(c2c45)c76)C(=O)OC3=O)cc1. The fraction of sp³-hybridized carbons (Fsp3) is 0.342. The van der Waals surface area contributed by atoms with Crippen molar-refractivity contribution in [1.29, 1.82) is 0 Å². The van der Waals surface area contributed by atoms with E-state index in [0.29, 0.717) is 33.8 Å². The van der Waals surface area contributed by atoms with Crippen molar-refractivity contribution < 1.29 is 23.8 Å². The Balaban J connectivity index is 1.25. The van der Waals surface area contributed by atoms with Crippen LogP contribution in [-0.2, 0) is 21.0 Å². The highest BCUT2D eigenvalue weighted by Gasteiger charge is 2.35. The van der Waals surface area contributed by atoms with Gasteiger partial charge in [0.1, 0.15) is 23.0 Å². The minimum absolute atomic E-state index is 0.00415. The number of nitrogens with zero attached hydrogens (tertiary/aromatic N) is 1. The molecule has 0 atom stereocenters. The van der Waals surface area contributed by atoms with Crippen LogP contribution in [-0.4, -0.2) is 11.9 Å². The van der Waals surface area contributed by atoms with Gasteiger partial charge in [-0.1, -0.05) is 188 Å². The number of cyclic esters (lactones) is 2. The number of rotatable bonds is 15. The van der Waals surface area contributed by atoms with Crippen molar-refractivity contribution in [1.82, 2.24) is 0 Å². The first-order chi connectivity index (χ1) is 38.3. The van der Waals surface area contributed by atoms with Gasteiger partial charge >= 0.3 is 11.9 Å². The molecule has 1 aliphatic heterocycles. The van der Waals surface area contributed by atoms with E-state index in [-0.39, 0.29) is 43.6 Å². The molecule has 9 aromatic carbocycles. The first kappa shape index (κ1) is 57.5. The van der Waals surface area contributed by atoms with Crippen LogP contribution >= 0.6 is 0 Å². The standard InChI is InChI=1S/C76H83NO5/c1-46(2)42-74(13,14)49-28-36-55(37-29-49)81-63-41-60-65-59(69(78)82-70(60)79)40-62(80-54-34-22-48(23-35-54)47(3)43-71(4,5)6)66-57-21-19-20-56-61(39-38-58(64(56)57)67(63)68(65)66)77(52-30-24-50(25-31-52)75(15,16)44-72(7,8)9)53-32-26-51(27-33-53)76(17,18)45-73(10,11)12/h19-41,43H,1,42,44-45H2,2-18H3/b47-43+. The average molecular weight is 1090 g/mol. The van der Waals surface area contributed by atoms with Crippen LogP contribution in [0, 0.1) is 16.2 Å². The van der Waals surface area contributed by atoms with Gasteiger partial charge in [0.25, 0.3) is 0 Å². The van der Waals surface area contributed by atoms with Crippen molar-refractivity contribution in [3.05, 3.63) is 191 Å². The van der Waals surface area contributed by atoms with Crippen LogP contribution < -0.4 is 14.4 Å². The minimum Gasteiger partial charge on any atom is -0.457 e. The topological polar surface area (TPSA) is 65.1 Å². The molecule has 6 nitrogen and oxygen atoms in total. The Labute approximate surface area is 487 Å². The molecule has 10 rings (SSSR count). The monoisotopic (exact) mass is 1090 g/mol. The largest absolute Gasteiger partial charge is 0.457 e. The third kappa shape index (κ3) is 11.4. The molecule has 1 aliphatic rings. The third-order valence-corrected chi connectivity index (χ3v) is 16.3. The van der Waals surface area contributed by atoms with E-state index >= 15 is 0 Å². The van der Waals surface area contributed by atoms with Crippen molar-refractivity contribution in [2.24, 2.45) is 16.2 Å². The van der Waals surface area contributed by atoms with Gasteiger partial charge in [-0.15, -0.1) is 6.58 Å². The fourth-order valence-electron chi connectivity index (χ4n) is 13.8. The second kappa shape index (κ2) is 20.6. The van der Waals surface area contributed by atoms with E-state index in [1.54, 1.807) is 12.1 Å². The highest BCUT2D eigenvalue weighted by atomic mass is 16.6. The maximum Gasteiger partial charge on any atom is 0.346 e. The van der Waals surface area contributed by atoms with Gasteiger partial charge in [0.15, 0.2) is 0 Å². The van der Waals surface area contributed by atoms with Gasteiger partial charge in [-0.25, -0.2) is 9.59 Å². The van der Waals surface area contributed by atoms with Crippen molar-refractivity contribution in [2.75, 3.05) is 4.90 Å². The highest BCUT2D eigenvalue weighted by molar-refractivity contribution is 6.40. The lowest BCUT2D eigenvalue weighted by Gasteiger charge is -2.34. The van der Waals surface area contributed by atoms with E-state index in [9.17, 15) is 9.59 Å². The molecular formula is C76H83NO5. The van der Waals surface area contributed by atoms with Gasteiger partial charge in [-0.3, -0.25) is 0 Å². The van der Waals surface area contributed by atoms with Gasteiger partial charge in [-0.05, 0) is 176 Å². The highest BCUT2D eigenvalue weighted by Crippen LogP contribution is 2.54. The van der Waals surface area contributed by atoms with E-state index in [2.05, 4.69) is 238 Å². The summed E-state index contributed by atoms with van der Waals surface area (Å²) in [5.74, 6) is 0.661. The number of carbonyl (C=O) groups excluding carboxylic acids is 2. The second-order valence-electron chi connectivity index (χ2n) is 29.0. The molecule has 422 valence electrons.